The molecular formula is C11H18N8O. The lowest BCUT2D eigenvalue weighted by molar-refractivity contribution is -0.119. The average molecular weight is 278 g/mol. The number of aromatic nitrogens is 4. The lowest BCUT2D eigenvalue weighted by Crippen LogP contribution is -2.37. The van der Waals surface area contributed by atoms with E-state index in [0.29, 0.717) is 18.0 Å². The minimum Gasteiger partial charge on any atom is -0.358 e. The smallest absolute Gasteiger partial charge is 0.241 e. The van der Waals surface area contributed by atoms with E-state index in [1.807, 2.05) is 11.8 Å². The highest BCUT2D eigenvalue weighted by Gasteiger charge is 2.17. The van der Waals surface area contributed by atoms with Crippen LogP contribution in [-0.4, -0.2) is 46.2 Å². The fourth-order valence-corrected chi connectivity index (χ4v) is 1.91. The summed E-state index contributed by atoms with van der Waals surface area (Å²) in [7, 11) is 1.60. The summed E-state index contributed by atoms with van der Waals surface area (Å²) in [5.74, 6) is 6.19. The van der Waals surface area contributed by atoms with Crippen molar-refractivity contribution in [3.05, 3.63) is 6.20 Å². The Kier molecular flexibility index (Phi) is 4.31. The van der Waals surface area contributed by atoms with E-state index in [2.05, 4.69) is 30.9 Å². The number of carbonyl (C=O) groups is 1. The molecule has 0 saturated carbocycles. The van der Waals surface area contributed by atoms with Crippen LogP contribution in [0.25, 0.3) is 11.0 Å². The zero-order valence-corrected chi connectivity index (χ0v) is 11.5. The third-order valence-corrected chi connectivity index (χ3v) is 2.83. The summed E-state index contributed by atoms with van der Waals surface area (Å²) in [5.41, 5.74) is 2.99. The number of fused-ring (bicyclic) bond motifs is 1. The van der Waals surface area contributed by atoms with Gasteiger partial charge in [0.25, 0.3) is 0 Å². The van der Waals surface area contributed by atoms with Crippen molar-refractivity contribution in [1.29, 1.82) is 0 Å². The number of rotatable bonds is 6. The molecule has 0 bridgehead atoms. The Morgan fingerprint density at radius 1 is 1.50 bits per heavy atom. The second-order valence-electron chi connectivity index (χ2n) is 4.24. The molecule has 0 aliphatic rings. The number of anilines is 2. The molecule has 2 aromatic heterocycles. The van der Waals surface area contributed by atoms with Crippen LogP contribution in [0.15, 0.2) is 6.20 Å². The van der Waals surface area contributed by atoms with Crippen molar-refractivity contribution < 1.29 is 4.79 Å². The molecule has 2 heterocycles. The van der Waals surface area contributed by atoms with E-state index in [1.54, 1.807) is 13.2 Å². The van der Waals surface area contributed by atoms with Gasteiger partial charge in [0.15, 0.2) is 5.65 Å². The van der Waals surface area contributed by atoms with E-state index in [-0.39, 0.29) is 18.4 Å². The Labute approximate surface area is 115 Å². The van der Waals surface area contributed by atoms with Gasteiger partial charge < -0.3 is 10.2 Å². The third-order valence-electron chi connectivity index (χ3n) is 2.83. The van der Waals surface area contributed by atoms with Crippen LogP contribution >= 0.6 is 0 Å². The molecule has 0 atom stereocenters. The summed E-state index contributed by atoms with van der Waals surface area (Å²) < 4.78 is 0. The quantitative estimate of drug-likeness (QED) is 0.418. The van der Waals surface area contributed by atoms with Crippen LogP contribution in [0.4, 0.5) is 11.8 Å². The zero-order valence-electron chi connectivity index (χ0n) is 11.5. The number of likely N-dealkylation sites (N-methyl/N-ethyl adjacent to an activating group) is 1. The van der Waals surface area contributed by atoms with Gasteiger partial charge in [-0.1, -0.05) is 6.92 Å². The second-order valence-corrected chi connectivity index (χ2v) is 4.24. The first-order valence-electron chi connectivity index (χ1n) is 6.32. The van der Waals surface area contributed by atoms with Crippen LogP contribution in [-0.2, 0) is 4.79 Å². The first kappa shape index (κ1) is 14.0. The van der Waals surface area contributed by atoms with E-state index in [1.165, 1.54) is 0 Å². The van der Waals surface area contributed by atoms with Gasteiger partial charge in [-0.05, 0) is 6.42 Å². The molecule has 0 aliphatic carbocycles. The number of nitrogen functional groups attached to an aromatic ring is 1. The van der Waals surface area contributed by atoms with Gasteiger partial charge in [0.05, 0.1) is 18.1 Å². The maximum absolute atomic E-state index is 11.6. The molecule has 20 heavy (non-hydrogen) atoms. The topological polar surface area (TPSA) is 125 Å². The molecule has 0 radical (unpaired) electrons. The molecule has 108 valence electrons. The number of hydrogen-bond donors (Lipinski definition) is 4. The number of carbonyl (C=O) groups excluding carboxylic acids is 1. The molecule has 2 aromatic rings. The highest BCUT2D eigenvalue weighted by atomic mass is 16.1. The Hall–Kier alpha value is -2.42. The molecule has 5 N–H and O–H groups in total. The summed E-state index contributed by atoms with van der Waals surface area (Å²) in [4.78, 5) is 22.0. The van der Waals surface area contributed by atoms with Gasteiger partial charge in [0.1, 0.15) is 5.82 Å². The molecule has 2 rings (SSSR count). The van der Waals surface area contributed by atoms with Gasteiger partial charge in [-0.2, -0.15) is 15.1 Å². The highest BCUT2D eigenvalue weighted by molar-refractivity contribution is 5.90. The Morgan fingerprint density at radius 2 is 2.30 bits per heavy atom. The van der Waals surface area contributed by atoms with Crippen LogP contribution in [0.1, 0.15) is 13.3 Å². The molecule has 0 aromatic carbocycles. The summed E-state index contributed by atoms with van der Waals surface area (Å²) in [6, 6.07) is 0. The standard InChI is InChI=1S/C11H18N8O/c1-3-4-19(6-8(20)13-2)10-7-5-14-18-9(7)15-11(16-10)17-12/h5H,3-4,6,12H2,1-2H3,(H,13,20)(H2,14,15,16,17,18). The fourth-order valence-electron chi connectivity index (χ4n) is 1.91. The zero-order chi connectivity index (χ0) is 14.5. The second kappa shape index (κ2) is 6.15. The van der Waals surface area contributed by atoms with Crippen molar-refractivity contribution in [1.82, 2.24) is 25.5 Å². The lowest BCUT2D eigenvalue weighted by atomic mass is 10.3. The number of aromatic amines is 1. The van der Waals surface area contributed by atoms with Gasteiger partial charge in [-0.15, -0.1) is 0 Å². The molecule has 0 fully saturated rings. The van der Waals surface area contributed by atoms with E-state index >= 15 is 0 Å². The maximum atomic E-state index is 11.6. The Bertz CT molecular complexity index is 595. The molecule has 1 amide bonds. The van der Waals surface area contributed by atoms with Crippen molar-refractivity contribution in [3.8, 4) is 0 Å². The average Bonchev–Trinajstić information content (AvgIpc) is 2.93. The maximum Gasteiger partial charge on any atom is 0.241 e. The molecule has 0 saturated heterocycles. The number of nitrogens with one attached hydrogen (secondary N) is 3. The highest BCUT2D eigenvalue weighted by Crippen LogP contribution is 2.23. The minimum atomic E-state index is -0.0871. The van der Waals surface area contributed by atoms with E-state index in [0.717, 1.165) is 11.8 Å². The summed E-state index contributed by atoms with van der Waals surface area (Å²) >= 11 is 0. The SMILES string of the molecule is CCCN(CC(=O)NC)c1nc(NN)nc2[nH]ncc12. The predicted molar refractivity (Wildman–Crippen MR) is 76.1 cm³/mol. The van der Waals surface area contributed by atoms with E-state index in [4.69, 9.17) is 5.84 Å². The van der Waals surface area contributed by atoms with Gasteiger partial charge >= 0.3 is 0 Å². The van der Waals surface area contributed by atoms with Gasteiger partial charge in [0.2, 0.25) is 11.9 Å². The van der Waals surface area contributed by atoms with Crippen molar-refractivity contribution in [3.63, 3.8) is 0 Å². The number of hydrazine groups is 1. The molecule has 0 unspecified atom stereocenters. The predicted octanol–water partition coefficient (Wildman–Crippen LogP) is -0.399. The largest absolute Gasteiger partial charge is 0.358 e. The van der Waals surface area contributed by atoms with Crippen LogP contribution in [0, 0.1) is 0 Å². The van der Waals surface area contributed by atoms with Crippen molar-refractivity contribution in [2.45, 2.75) is 13.3 Å². The van der Waals surface area contributed by atoms with Gasteiger partial charge in [-0.3, -0.25) is 15.3 Å². The Morgan fingerprint density at radius 3 is 2.95 bits per heavy atom. The molecule has 0 spiro atoms. The number of amides is 1. The van der Waals surface area contributed by atoms with Crippen LogP contribution < -0.4 is 21.5 Å². The monoisotopic (exact) mass is 278 g/mol. The molecule has 9 nitrogen and oxygen atoms in total. The lowest BCUT2D eigenvalue weighted by Gasteiger charge is -2.23. The van der Waals surface area contributed by atoms with Gasteiger partial charge in [-0.25, -0.2) is 5.84 Å². The molecule has 0 aliphatic heterocycles. The minimum absolute atomic E-state index is 0.0871. The fraction of sp³-hybridized carbons (Fsp3) is 0.455. The van der Waals surface area contributed by atoms with Crippen LogP contribution in [0.3, 0.4) is 0 Å². The van der Waals surface area contributed by atoms with Gasteiger partial charge in [0, 0.05) is 13.6 Å². The van der Waals surface area contributed by atoms with Crippen molar-refractivity contribution in [2.75, 3.05) is 30.5 Å². The summed E-state index contributed by atoms with van der Waals surface area (Å²) in [6.45, 7) is 2.94. The number of hydrogen-bond acceptors (Lipinski definition) is 7. The van der Waals surface area contributed by atoms with Crippen LogP contribution in [0.2, 0.25) is 0 Å². The summed E-state index contributed by atoms with van der Waals surface area (Å²) in [5, 5.41) is 10.1. The van der Waals surface area contributed by atoms with E-state index in [9.17, 15) is 4.79 Å². The molecular weight excluding hydrogens is 260 g/mol. The Balaban J connectivity index is 2.45. The molecule has 9 heteroatoms. The van der Waals surface area contributed by atoms with Crippen LogP contribution in [0.5, 0.6) is 0 Å². The normalized spacial score (nSPS) is 10.6. The van der Waals surface area contributed by atoms with Crippen molar-refractivity contribution in [2.24, 2.45) is 5.84 Å². The number of nitrogens with zero attached hydrogens (tertiary/aromatic N) is 4. The number of H-pyrrole nitrogens is 1. The summed E-state index contributed by atoms with van der Waals surface area (Å²) in [6.07, 6.45) is 2.52. The first-order valence-corrected chi connectivity index (χ1v) is 6.32. The van der Waals surface area contributed by atoms with E-state index < -0.39 is 0 Å². The first-order chi connectivity index (χ1) is 9.69. The third kappa shape index (κ3) is 2.77. The van der Waals surface area contributed by atoms with Crippen molar-refractivity contribution >= 4 is 28.7 Å². The number of nitrogens with two attached hydrogens (primary N) is 1.